The van der Waals surface area contributed by atoms with E-state index in [2.05, 4.69) is 28.3 Å². The average molecular weight is 396 g/mol. The van der Waals surface area contributed by atoms with E-state index in [0.717, 1.165) is 30.9 Å². The summed E-state index contributed by atoms with van der Waals surface area (Å²) in [5.74, 6) is 1.05. The summed E-state index contributed by atoms with van der Waals surface area (Å²) in [6, 6.07) is 15.0. The molecule has 7 heteroatoms. The molecule has 0 radical (unpaired) electrons. The topological polar surface area (TPSA) is 54.6 Å². The zero-order valence-electron chi connectivity index (χ0n) is 15.4. The molecule has 0 bridgehead atoms. The van der Waals surface area contributed by atoms with Crippen molar-refractivity contribution in [3.63, 3.8) is 0 Å². The minimum absolute atomic E-state index is 0. The Hall–Kier alpha value is -1.70. The van der Waals surface area contributed by atoms with Crippen LogP contribution in [0.1, 0.15) is 17.2 Å². The first-order valence-corrected chi connectivity index (χ1v) is 8.91. The molecule has 2 atom stereocenters. The standard InChI is InChI=1S/C20H26FN3O2.ClH/c1-25-10-11-26-19-8-2-15(3-9-19)12-22-13-17-14-23-24-20(17)16-4-6-18(21)7-5-16;/h2-9,17,20,22-24H,10-14H2,1H3;1H. The van der Waals surface area contributed by atoms with Crippen molar-refractivity contribution in [2.45, 2.75) is 12.6 Å². The van der Waals surface area contributed by atoms with Crippen molar-refractivity contribution in [1.29, 1.82) is 0 Å². The number of ether oxygens (including phenoxy) is 2. The van der Waals surface area contributed by atoms with Crippen LogP contribution in [0.15, 0.2) is 48.5 Å². The Morgan fingerprint density at radius 2 is 1.81 bits per heavy atom. The van der Waals surface area contributed by atoms with E-state index in [-0.39, 0.29) is 24.3 Å². The highest BCUT2D eigenvalue weighted by Crippen LogP contribution is 2.24. The molecule has 1 aliphatic rings. The van der Waals surface area contributed by atoms with Gasteiger partial charge in [0.25, 0.3) is 0 Å². The first-order chi connectivity index (χ1) is 12.8. The van der Waals surface area contributed by atoms with Gasteiger partial charge in [-0.1, -0.05) is 24.3 Å². The molecule has 0 saturated carbocycles. The Labute approximate surface area is 166 Å². The summed E-state index contributed by atoms with van der Waals surface area (Å²) in [5.41, 5.74) is 8.80. The van der Waals surface area contributed by atoms with Crippen LogP contribution in [-0.2, 0) is 11.3 Å². The maximum atomic E-state index is 13.1. The van der Waals surface area contributed by atoms with Gasteiger partial charge in [0.1, 0.15) is 18.2 Å². The van der Waals surface area contributed by atoms with E-state index in [9.17, 15) is 4.39 Å². The summed E-state index contributed by atoms with van der Waals surface area (Å²) in [4.78, 5) is 0. The van der Waals surface area contributed by atoms with E-state index in [1.165, 1.54) is 17.7 Å². The zero-order valence-corrected chi connectivity index (χ0v) is 16.2. The Bertz CT molecular complexity index is 670. The zero-order chi connectivity index (χ0) is 18.2. The van der Waals surface area contributed by atoms with Gasteiger partial charge in [-0.05, 0) is 35.4 Å². The van der Waals surface area contributed by atoms with Gasteiger partial charge in [0.05, 0.1) is 12.6 Å². The molecule has 1 saturated heterocycles. The molecular formula is C20H27ClFN3O2. The fourth-order valence-corrected chi connectivity index (χ4v) is 3.10. The van der Waals surface area contributed by atoms with E-state index in [1.807, 2.05) is 24.3 Å². The normalized spacial score (nSPS) is 18.9. The monoisotopic (exact) mass is 395 g/mol. The van der Waals surface area contributed by atoms with Crippen molar-refractivity contribution in [2.75, 3.05) is 33.4 Å². The largest absolute Gasteiger partial charge is 0.491 e. The van der Waals surface area contributed by atoms with Crippen LogP contribution < -0.4 is 20.9 Å². The molecule has 27 heavy (non-hydrogen) atoms. The van der Waals surface area contributed by atoms with Crippen molar-refractivity contribution < 1.29 is 13.9 Å². The fourth-order valence-electron chi connectivity index (χ4n) is 3.10. The van der Waals surface area contributed by atoms with Crippen molar-refractivity contribution in [1.82, 2.24) is 16.2 Å². The van der Waals surface area contributed by atoms with Crippen LogP contribution in [-0.4, -0.2) is 33.4 Å². The Morgan fingerprint density at radius 3 is 2.52 bits per heavy atom. The SMILES string of the molecule is COCCOc1ccc(CNCC2CNNC2c2ccc(F)cc2)cc1.Cl. The number of hydrazine groups is 1. The third-order valence-corrected chi connectivity index (χ3v) is 4.54. The second kappa shape index (κ2) is 11.2. The third-order valence-electron chi connectivity index (χ3n) is 4.54. The van der Waals surface area contributed by atoms with Gasteiger partial charge in [-0.3, -0.25) is 5.43 Å². The summed E-state index contributed by atoms with van der Waals surface area (Å²) in [6.45, 7) is 3.68. The number of hydrogen-bond acceptors (Lipinski definition) is 5. The molecule has 1 heterocycles. The molecule has 3 N–H and O–H groups in total. The second-order valence-corrected chi connectivity index (χ2v) is 6.43. The van der Waals surface area contributed by atoms with Crippen LogP contribution in [0, 0.1) is 11.7 Å². The first-order valence-electron chi connectivity index (χ1n) is 8.91. The summed E-state index contributed by atoms with van der Waals surface area (Å²) in [7, 11) is 1.66. The van der Waals surface area contributed by atoms with Crippen molar-refractivity contribution >= 4 is 12.4 Å². The Kier molecular flexibility index (Phi) is 8.97. The number of benzene rings is 2. The molecule has 0 aliphatic carbocycles. The quantitative estimate of drug-likeness (QED) is 0.570. The van der Waals surface area contributed by atoms with Gasteiger partial charge in [-0.2, -0.15) is 0 Å². The lowest BCUT2D eigenvalue weighted by Crippen LogP contribution is -2.28. The minimum atomic E-state index is -0.205. The highest BCUT2D eigenvalue weighted by atomic mass is 35.5. The van der Waals surface area contributed by atoms with Gasteiger partial charge in [0.2, 0.25) is 0 Å². The molecule has 1 aliphatic heterocycles. The smallest absolute Gasteiger partial charge is 0.123 e. The van der Waals surface area contributed by atoms with Crippen LogP contribution in [0.3, 0.4) is 0 Å². The van der Waals surface area contributed by atoms with Crippen molar-refractivity contribution in [3.05, 3.63) is 65.5 Å². The molecule has 0 aromatic heterocycles. The lowest BCUT2D eigenvalue weighted by atomic mass is 9.95. The Balaban J connectivity index is 0.00000261. The summed E-state index contributed by atoms with van der Waals surface area (Å²) in [6.07, 6.45) is 0. The van der Waals surface area contributed by atoms with Gasteiger partial charge < -0.3 is 14.8 Å². The van der Waals surface area contributed by atoms with Gasteiger partial charge >= 0.3 is 0 Å². The molecule has 5 nitrogen and oxygen atoms in total. The van der Waals surface area contributed by atoms with Crippen molar-refractivity contribution in [2.24, 2.45) is 5.92 Å². The molecule has 0 spiro atoms. The van der Waals surface area contributed by atoms with Gasteiger partial charge in [-0.25, -0.2) is 9.82 Å². The summed E-state index contributed by atoms with van der Waals surface area (Å²) in [5, 5.41) is 3.51. The molecule has 2 aromatic carbocycles. The van der Waals surface area contributed by atoms with Crippen LogP contribution >= 0.6 is 12.4 Å². The van der Waals surface area contributed by atoms with Crippen LogP contribution in [0.5, 0.6) is 5.75 Å². The third kappa shape index (κ3) is 6.45. The highest BCUT2D eigenvalue weighted by molar-refractivity contribution is 5.85. The van der Waals surface area contributed by atoms with Crippen molar-refractivity contribution in [3.8, 4) is 5.75 Å². The summed E-state index contributed by atoms with van der Waals surface area (Å²) < 4.78 is 23.7. The molecule has 2 aromatic rings. The first kappa shape index (κ1) is 21.6. The van der Waals surface area contributed by atoms with E-state index >= 15 is 0 Å². The molecule has 1 fully saturated rings. The lowest BCUT2D eigenvalue weighted by Gasteiger charge is -2.19. The van der Waals surface area contributed by atoms with E-state index in [4.69, 9.17) is 9.47 Å². The molecule has 0 amide bonds. The van der Waals surface area contributed by atoms with E-state index in [0.29, 0.717) is 19.1 Å². The lowest BCUT2D eigenvalue weighted by molar-refractivity contribution is 0.146. The summed E-state index contributed by atoms with van der Waals surface area (Å²) >= 11 is 0. The van der Waals surface area contributed by atoms with E-state index in [1.54, 1.807) is 7.11 Å². The second-order valence-electron chi connectivity index (χ2n) is 6.43. The number of rotatable bonds is 9. The van der Waals surface area contributed by atoms with Gasteiger partial charge in [0, 0.05) is 32.7 Å². The highest BCUT2D eigenvalue weighted by Gasteiger charge is 2.27. The molecule has 2 unspecified atom stereocenters. The van der Waals surface area contributed by atoms with Gasteiger partial charge in [0.15, 0.2) is 0 Å². The van der Waals surface area contributed by atoms with E-state index < -0.39 is 0 Å². The number of halogens is 2. The maximum Gasteiger partial charge on any atom is 0.123 e. The fraction of sp³-hybridized carbons (Fsp3) is 0.400. The molecule has 148 valence electrons. The Morgan fingerprint density at radius 1 is 1.07 bits per heavy atom. The van der Waals surface area contributed by atoms with Crippen LogP contribution in [0.4, 0.5) is 4.39 Å². The number of hydrogen-bond donors (Lipinski definition) is 3. The van der Waals surface area contributed by atoms with Gasteiger partial charge in [-0.15, -0.1) is 12.4 Å². The predicted octanol–water partition coefficient (Wildman–Crippen LogP) is 2.83. The number of methoxy groups -OCH3 is 1. The minimum Gasteiger partial charge on any atom is -0.491 e. The molecular weight excluding hydrogens is 369 g/mol. The average Bonchev–Trinajstić information content (AvgIpc) is 3.12. The number of nitrogens with one attached hydrogen (secondary N) is 3. The maximum absolute atomic E-state index is 13.1. The van der Waals surface area contributed by atoms with Crippen LogP contribution in [0.2, 0.25) is 0 Å². The predicted molar refractivity (Wildman–Crippen MR) is 107 cm³/mol. The molecule has 3 rings (SSSR count). The van der Waals surface area contributed by atoms with Crippen LogP contribution in [0.25, 0.3) is 0 Å².